The fourth-order valence-corrected chi connectivity index (χ4v) is 6.19. The van der Waals surface area contributed by atoms with Crippen LogP contribution in [0.5, 0.6) is 0 Å². The van der Waals surface area contributed by atoms with Crippen LogP contribution in [0.25, 0.3) is 21.0 Å². The molecule has 4 aromatic rings. The first-order chi connectivity index (χ1) is 17.5. The van der Waals surface area contributed by atoms with Crippen LogP contribution < -0.4 is 16.0 Å². The number of rotatable bonds is 8. The lowest BCUT2D eigenvalue weighted by Gasteiger charge is -2.34. The van der Waals surface area contributed by atoms with Gasteiger partial charge in [-0.1, -0.05) is 55.8 Å². The van der Waals surface area contributed by atoms with Gasteiger partial charge < -0.3 is 26.2 Å². The van der Waals surface area contributed by atoms with Crippen molar-refractivity contribution in [3.05, 3.63) is 64.5 Å². The summed E-state index contributed by atoms with van der Waals surface area (Å²) in [7, 11) is 0. The summed E-state index contributed by atoms with van der Waals surface area (Å²) >= 11 is 1.16. The minimum absolute atomic E-state index is 0.166. The standard InChI is InChI=1S/C28H32N4O3S/c1-2-6-18-15-23(31-27-24(18)25(29)26(36-27)28(34)35)32-13-11-19(12-14-32)30-16-22(33)21-10-5-8-17-7-3-4-9-20(17)21/h3-5,7-10,15,19,22,30,33H,2,6,11-14,16,29H2,1H3,(H,34,35). The zero-order valence-electron chi connectivity index (χ0n) is 20.4. The molecule has 0 spiro atoms. The molecule has 2 aromatic carbocycles. The van der Waals surface area contributed by atoms with E-state index in [2.05, 4.69) is 41.4 Å². The lowest BCUT2D eigenvalue weighted by molar-refractivity contribution is 0.0703. The number of hydrogen-bond acceptors (Lipinski definition) is 7. The highest BCUT2D eigenvalue weighted by atomic mass is 32.1. The van der Waals surface area contributed by atoms with Crippen LogP contribution in [-0.2, 0) is 6.42 Å². The summed E-state index contributed by atoms with van der Waals surface area (Å²) in [4.78, 5) is 19.6. The van der Waals surface area contributed by atoms with E-state index in [1.807, 2.05) is 24.3 Å². The molecular weight excluding hydrogens is 472 g/mol. The van der Waals surface area contributed by atoms with Crippen LogP contribution in [0, 0.1) is 0 Å². The predicted molar refractivity (Wildman–Crippen MR) is 147 cm³/mol. The van der Waals surface area contributed by atoms with E-state index in [9.17, 15) is 15.0 Å². The van der Waals surface area contributed by atoms with Crippen LogP contribution in [0.15, 0.2) is 48.5 Å². The van der Waals surface area contributed by atoms with Crippen molar-refractivity contribution in [2.24, 2.45) is 0 Å². The second kappa shape index (κ2) is 10.4. The summed E-state index contributed by atoms with van der Waals surface area (Å²) in [5.74, 6) is -0.115. The highest BCUT2D eigenvalue weighted by molar-refractivity contribution is 7.21. The lowest BCUT2D eigenvalue weighted by atomic mass is 9.99. The van der Waals surface area contributed by atoms with E-state index >= 15 is 0 Å². The van der Waals surface area contributed by atoms with Gasteiger partial charge in [-0.3, -0.25) is 0 Å². The van der Waals surface area contributed by atoms with Gasteiger partial charge in [0.15, 0.2) is 0 Å². The van der Waals surface area contributed by atoms with E-state index in [4.69, 9.17) is 10.7 Å². The largest absolute Gasteiger partial charge is 0.477 e. The molecule has 0 aliphatic carbocycles. The fraction of sp³-hybridized carbons (Fsp3) is 0.357. The number of anilines is 2. The molecule has 8 heteroatoms. The van der Waals surface area contributed by atoms with Gasteiger partial charge in [0.05, 0.1) is 11.8 Å². The Morgan fingerprint density at radius 1 is 1.22 bits per heavy atom. The maximum atomic E-state index is 11.6. The van der Waals surface area contributed by atoms with E-state index in [1.165, 1.54) is 0 Å². The third-order valence-corrected chi connectivity index (χ3v) is 8.17. The highest BCUT2D eigenvalue weighted by Crippen LogP contribution is 2.37. The summed E-state index contributed by atoms with van der Waals surface area (Å²) in [6, 6.07) is 16.6. The number of thiophene rings is 1. The van der Waals surface area contributed by atoms with Gasteiger partial charge in [0.25, 0.3) is 0 Å². The van der Waals surface area contributed by atoms with Crippen molar-refractivity contribution >= 4 is 49.8 Å². The van der Waals surface area contributed by atoms with Gasteiger partial charge in [-0.05, 0) is 47.2 Å². The number of piperidine rings is 1. The number of carboxylic acids is 1. The number of aryl methyl sites for hydroxylation is 1. The number of pyridine rings is 1. The molecular formula is C28H32N4O3S. The molecule has 1 atom stereocenters. The second-order valence-corrected chi connectivity index (χ2v) is 10.5. The zero-order chi connectivity index (χ0) is 25.2. The number of nitrogens with zero attached hydrogens (tertiary/aromatic N) is 2. The molecule has 1 aliphatic heterocycles. The smallest absolute Gasteiger partial charge is 0.348 e. The van der Waals surface area contributed by atoms with Crippen molar-refractivity contribution in [3.63, 3.8) is 0 Å². The zero-order valence-corrected chi connectivity index (χ0v) is 21.2. The summed E-state index contributed by atoms with van der Waals surface area (Å²) < 4.78 is 0. The number of hydrogen-bond donors (Lipinski definition) is 4. The molecule has 2 aromatic heterocycles. The van der Waals surface area contributed by atoms with Crippen LogP contribution in [-0.4, -0.2) is 46.8 Å². The number of carbonyl (C=O) groups is 1. The maximum absolute atomic E-state index is 11.6. The molecule has 3 heterocycles. The predicted octanol–water partition coefficient (Wildman–Crippen LogP) is 4.97. The molecule has 1 aliphatic rings. The molecule has 1 unspecified atom stereocenters. The van der Waals surface area contributed by atoms with Crippen molar-refractivity contribution < 1.29 is 15.0 Å². The van der Waals surface area contributed by atoms with Crippen LogP contribution in [0.2, 0.25) is 0 Å². The van der Waals surface area contributed by atoms with Gasteiger partial charge in [0.1, 0.15) is 15.5 Å². The van der Waals surface area contributed by atoms with Crippen molar-refractivity contribution in [1.29, 1.82) is 0 Å². The van der Waals surface area contributed by atoms with Crippen molar-refractivity contribution in [3.8, 4) is 0 Å². The topological polar surface area (TPSA) is 112 Å². The van der Waals surface area contributed by atoms with Gasteiger partial charge in [0.2, 0.25) is 0 Å². The number of carboxylic acid groups (broad SMARTS) is 1. The Balaban J connectivity index is 1.25. The SMILES string of the molecule is CCCc1cc(N2CCC(NCC(O)c3cccc4ccccc34)CC2)nc2sc(C(=O)O)c(N)c12. The lowest BCUT2D eigenvalue weighted by Crippen LogP contribution is -2.44. The Bertz CT molecular complexity index is 1390. The number of aromatic nitrogens is 1. The number of benzene rings is 2. The van der Waals surface area contributed by atoms with E-state index in [0.717, 1.165) is 83.2 Å². The molecule has 5 rings (SSSR count). The molecule has 0 amide bonds. The quantitative estimate of drug-likeness (QED) is 0.268. The molecule has 7 nitrogen and oxygen atoms in total. The van der Waals surface area contributed by atoms with Gasteiger partial charge in [-0.2, -0.15) is 0 Å². The molecule has 188 valence electrons. The average molecular weight is 505 g/mol. The van der Waals surface area contributed by atoms with Gasteiger partial charge in [-0.25, -0.2) is 9.78 Å². The number of aromatic carboxylic acids is 1. The van der Waals surface area contributed by atoms with Crippen molar-refractivity contribution in [2.75, 3.05) is 30.3 Å². The maximum Gasteiger partial charge on any atom is 0.348 e. The number of fused-ring (bicyclic) bond motifs is 2. The molecule has 1 fully saturated rings. The normalized spacial score (nSPS) is 15.6. The number of nitrogen functional groups attached to an aromatic ring is 1. The minimum Gasteiger partial charge on any atom is -0.477 e. The van der Waals surface area contributed by atoms with Gasteiger partial charge >= 0.3 is 5.97 Å². The van der Waals surface area contributed by atoms with Gasteiger partial charge in [-0.15, -0.1) is 11.3 Å². The first kappa shape index (κ1) is 24.5. The van der Waals surface area contributed by atoms with Crippen LogP contribution in [0.4, 0.5) is 11.5 Å². The van der Waals surface area contributed by atoms with Crippen LogP contribution >= 0.6 is 11.3 Å². The Morgan fingerprint density at radius 2 is 1.97 bits per heavy atom. The van der Waals surface area contributed by atoms with E-state index in [0.29, 0.717) is 23.1 Å². The molecule has 0 radical (unpaired) electrons. The summed E-state index contributed by atoms with van der Waals surface area (Å²) in [6.45, 7) is 4.31. The molecule has 0 saturated carbocycles. The molecule has 5 N–H and O–H groups in total. The van der Waals surface area contributed by atoms with Crippen molar-refractivity contribution in [2.45, 2.75) is 44.8 Å². The number of aliphatic hydroxyl groups is 1. The molecule has 36 heavy (non-hydrogen) atoms. The highest BCUT2D eigenvalue weighted by Gasteiger charge is 2.24. The van der Waals surface area contributed by atoms with E-state index < -0.39 is 12.1 Å². The summed E-state index contributed by atoms with van der Waals surface area (Å²) in [5, 5.41) is 27.0. The Kier molecular flexibility index (Phi) is 7.09. The Labute approximate surface area is 214 Å². The monoisotopic (exact) mass is 504 g/mol. The third-order valence-electron chi connectivity index (χ3n) is 7.08. The van der Waals surface area contributed by atoms with E-state index in [1.54, 1.807) is 0 Å². The van der Waals surface area contributed by atoms with Crippen molar-refractivity contribution in [1.82, 2.24) is 10.3 Å². The van der Waals surface area contributed by atoms with E-state index in [-0.39, 0.29) is 4.88 Å². The van der Waals surface area contributed by atoms with Crippen LogP contribution in [0.3, 0.4) is 0 Å². The number of aliphatic hydroxyl groups excluding tert-OH is 1. The second-order valence-electron chi connectivity index (χ2n) is 9.47. The average Bonchev–Trinajstić information content (AvgIpc) is 3.24. The summed E-state index contributed by atoms with van der Waals surface area (Å²) in [6.07, 6.45) is 3.09. The number of nitrogens with one attached hydrogen (secondary N) is 1. The minimum atomic E-state index is -1.00. The Hall–Kier alpha value is -3.20. The first-order valence-corrected chi connectivity index (χ1v) is 13.4. The summed E-state index contributed by atoms with van der Waals surface area (Å²) in [5.41, 5.74) is 8.55. The number of nitrogens with two attached hydrogens (primary N) is 1. The fourth-order valence-electron chi connectivity index (χ4n) is 5.21. The molecule has 1 saturated heterocycles. The van der Waals surface area contributed by atoms with Gasteiger partial charge in [0, 0.05) is 31.1 Å². The third kappa shape index (κ3) is 4.76. The molecule has 0 bridgehead atoms. The van der Waals surface area contributed by atoms with Crippen LogP contribution in [0.1, 0.15) is 53.1 Å². The Morgan fingerprint density at radius 3 is 2.72 bits per heavy atom. The first-order valence-electron chi connectivity index (χ1n) is 12.6.